The van der Waals surface area contributed by atoms with Crippen LogP contribution in [0.1, 0.15) is 20.8 Å². The smallest absolute Gasteiger partial charge is 1.00 e. The third-order valence-corrected chi connectivity index (χ3v) is 0. The minimum atomic E-state index is -0.750. The van der Waals surface area contributed by atoms with Gasteiger partial charge in [-0.1, -0.05) is 20.8 Å². The molecule has 0 amide bonds. The maximum absolute atomic E-state index is 10.1. The van der Waals surface area contributed by atoms with E-state index < -0.39 is 5.60 Å². The van der Waals surface area contributed by atoms with Crippen LogP contribution in [0.2, 0.25) is 0 Å². The molecule has 0 heterocycles. The van der Waals surface area contributed by atoms with E-state index in [9.17, 15) is 5.11 Å². The molecule has 0 rings (SSSR count). The number of halogens is 1. The maximum Gasteiger partial charge on any atom is 2.00 e. The van der Waals surface area contributed by atoms with Crippen molar-refractivity contribution in [2.24, 2.45) is 0 Å². The Labute approximate surface area is 70.0 Å². The third-order valence-electron chi connectivity index (χ3n) is 0. The zero-order chi connectivity index (χ0) is 4.50. The molecule has 42 valence electrons. The van der Waals surface area contributed by atoms with Gasteiger partial charge in [0, 0.05) is 0 Å². The Morgan fingerprint density at radius 1 is 1.14 bits per heavy atom. The van der Waals surface area contributed by atoms with Crippen LogP contribution in [-0.4, -0.2) is 5.60 Å². The molecule has 0 atom stereocenters. The summed E-state index contributed by atoms with van der Waals surface area (Å²) in [7, 11) is 0. The molecule has 0 N–H and O–H groups in total. The molecule has 0 aliphatic carbocycles. The molecule has 0 radical (unpaired) electrons. The molecule has 0 bridgehead atoms. The van der Waals surface area contributed by atoms with Gasteiger partial charge in [0.05, 0.1) is 0 Å². The van der Waals surface area contributed by atoms with Gasteiger partial charge < -0.3 is 17.5 Å². The SMILES string of the molecule is CC(C)(C)[O-].[Cl-].[Zr+2]. The van der Waals surface area contributed by atoms with E-state index in [-0.39, 0.29) is 38.6 Å². The first kappa shape index (κ1) is 15.7. The predicted molar refractivity (Wildman–Crippen MR) is 19.8 cm³/mol. The molecule has 0 unspecified atom stereocenters. The minimum Gasteiger partial charge on any atom is -1.00 e. The molecule has 0 aromatic carbocycles. The van der Waals surface area contributed by atoms with Gasteiger partial charge in [-0.3, -0.25) is 0 Å². The van der Waals surface area contributed by atoms with E-state index in [1.54, 1.807) is 20.8 Å². The topological polar surface area (TPSA) is 23.1 Å². The van der Waals surface area contributed by atoms with Crippen molar-refractivity contribution in [3.63, 3.8) is 0 Å². The Bertz CT molecular complexity index is 27.2. The van der Waals surface area contributed by atoms with Crippen molar-refractivity contribution < 1.29 is 43.7 Å². The molecule has 0 aliphatic rings. The summed E-state index contributed by atoms with van der Waals surface area (Å²) >= 11 is 0. The van der Waals surface area contributed by atoms with Crippen LogP contribution in [0.4, 0.5) is 0 Å². The largest absolute Gasteiger partial charge is 2.00 e. The van der Waals surface area contributed by atoms with Crippen LogP contribution in [0.3, 0.4) is 0 Å². The van der Waals surface area contributed by atoms with Crippen molar-refractivity contribution in [1.82, 2.24) is 0 Å². The first-order chi connectivity index (χ1) is 2.00. The van der Waals surface area contributed by atoms with Crippen LogP contribution >= 0.6 is 0 Å². The van der Waals surface area contributed by atoms with Crippen LogP contribution in [0.15, 0.2) is 0 Å². The number of hydrogen-bond donors (Lipinski definition) is 0. The Hall–Kier alpha value is 1.13. The quantitative estimate of drug-likeness (QED) is 0.412. The van der Waals surface area contributed by atoms with Crippen LogP contribution in [0, 0.1) is 0 Å². The van der Waals surface area contributed by atoms with Crippen molar-refractivity contribution in [3.05, 3.63) is 0 Å². The van der Waals surface area contributed by atoms with E-state index in [4.69, 9.17) is 0 Å². The van der Waals surface area contributed by atoms with Gasteiger partial charge in [-0.2, -0.15) is 0 Å². The van der Waals surface area contributed by atoms with E-state index in [2.05, 4.69) is 0 Å². The molecule has 0 saturated carbocycles. The first-order valence-electron chi connectivity index (χ1n) is 1.70. The zero-order valence-corrected chi connectivity index (χ0v) is 8.00. The van der Waals surface area contributed by atoms with Gasteiger partial charge in [-0.15, -0.1) is 5.60 Å². The fourth-order valence-corrected chi connectivity index (χ4v) is 0. The summed E-state index contributed by atoms with van der Waals surface area (Å²) in [6.45, 7) is 4.90. The van der Waals surface area contributed by atoms with Crippen LogP contribution in [0.25, 0.3) is 0 Å². The molecular formula is C4H9ClOZr. The van der Waals surface area contributed by atoms with Gasteiger partial charge in [0.1, 0.15) is 0 Å². The second-order valence-electron chi connectivity index (χ2n) is 2.11. The van der Waals surface area contributed by atoms with Crippen molar-refractivity contribution in [2.45, 2.75) is 26.4 Å². The molecule has 0 saturated heterocycles. The molecular weight excluding hydrogens is 191 g/mol. The van der Waals surface area contributed by atoms with Crippen molar-refractivity contribution >= 4 is 0 Å². The molecule has 0 aromatic rings. The van der Waals surface area contributed by atoms with Crippen molar-refractivity contribution in [2.75, 3.05) is 0 Å². The summed E-state index contributed by atoms with van der Waals surface area (Å²) < 4.78 is 0. The van der Waals surface area contributed by atoms with E-state index in [0.29, 0.717) is 0 Å². The summed E-state index contributed by atoms with van der Waals surface area (Å²) in [4.78, 5) is 0. The van der Waals surface area contributed by atoms with E-state index in [1.165, 1.54) is 0 Å². The average Bonchev–Trinajstić information content (AvgIpc) is 0.722. The van der Waals surface area contributed by atoms with Crippen LogP contribution in [0.5, 0.6) is 0 Å². The van der Waals surface area contributed by atoms with Gasteiger partial charge in [-0.25, -0.2) is 0 Å². The first-order valence-corrected chi connectivity index (χ1v) is 1.70. The number of rotatable bonds is 0. The summed E-state index contributed by atoms with van der Waals surface area (Å²) in [6.07, 6.45) is 0. The summed E-state index contributed by atoms with van der Waals surface area (Å²) in [5.41, 5.74) is -0.750. The Kier molecular flexibility index (Phi) is 11.8. The second kappa shape index (κ2) is 5.27. The monoisotopic (exact) mass is 198 g/mol. The van der Waals surface area contributed by atoms with E-state index in [1.807, 2.05) is 0 Å². The second-order valence-corrected chi connectivity index (χ2v) is 2.11. The molecule has 0 aliphatic heterocycles. The Balaban J connectivity index is -0.0000000800. The molecule has 3 heteroatoms. The fourth-order valence-electron chi connectivity index (χ4n) is 0. The predicted octanol–water partition coefficient (Wildman–Crippen LogP) is -2.85. The maximum atomic E-state index is 10.1. The summed E-state index contributed by atoms with van der Waals surface area (Å²) in [6, 6.07) is 0. The average molecular weight is 200 g/mol. The van der Waals surface area contributed by atoms with E-state index in [0.717, 1.165) is 0 Å². The Morgan fingerprint density at radius 2 is 1.14 bits per heavy atom. The number of hydrogen-bond acceptors (Lipinski definition) is 1. The van der Waals surface area contributed by atoms with Crippen molar-refractivity contribution in [1.29, 1.82) is 0 Å². The molecule has 0 fully saturated rings. The zero-order valence-electron chi connectivity index (χ0n) is 4.79. The van der Waals surface area contributed by atoms with Gasteiger partial charge in [0.2, 0.25) is 0 Å². The molecule has 0 aromatic heterocycles. The van der Waals surface area contributed by atoms with Crippen molar-refractivity contribution in [3.8, 4) is 0 Å². The fraction of sp³-hybridized carbons (Fsp3) is 1.00. The van der Waals surface area contributed by atoms with Gasteiger partial charge in [-0.05, 0) is 0 Å². The van der Waals surface area contributed by atoms with E-state index >= 15 is 0 Å². The van der Waals surface area contributed by atoms with Gasteiger partial charge in [0.15, 0.2) is 0 Å². The normalized spacial score (nSPS) is 8.57. The van der Waals surface area contributed by atoms with Crippen LogP contribution < -0.4 is 17.5 Å². The Morgan fingerprint density at radius 3 is 1.14 bits per heavy atom. The molecule has 0 spiro atoms. The summed E-state index contributed by atoms with van der Waals surface area (Å²) in [5.74, 6) is 0. The van der Waals surface area contributed by atoms with Gasteiger partial charge in [0.25, 0.3) is 0 Å². The minimum absolute atomic E-state index is 0. The molecule has 7 heavy (non-hydrogen) atoms. The van der Waals surface area contributed by atoms with Gasteiger partial charge >= 0.3 is 26.2 Å². The standard InChI is InChI=1S/C4H9O.ClH.Zr/c1-4(2,3)5;;/h1-3H3;1H;/q-1;;+2/p-1. The van der Waals surface area contributed by atoms with Crippen LogP contribution in [-0.2, 0) is 26.2 Å². The third kappa shape index (κ3) is 146. The summed E-state index contributed by atoms with van der Waals surface area (Å²) in [5, 5.41) is 10.1. The molecule has 1 nitrogen and oxygen atoms in total.